The van der Waals surface area contributed by atoms with Gasteiger partial charge in [-0.3, -0.25) is 9.59 Å². The van der Waals surface area contributed by atoms with Crippen LogP contribution < -0.4 is 10.6 Å². The molecule has 2 amide bonds. The van der Waals surface area contributed by atoms with Crippen molar-refractivity contribution in [3.8, 4) is 18.2 Å². The first kappa shape index (κ1) is 16.9. The number of anilines is 1. The molecule has 128 valence electrons. The Labute approximate surface area is 150 Å². The van der Waals surface area contributed by atoms with Gasteiger partial charge in [0.15, 0.2) is 5.82 Å². The minimum absolute atomic E-state index is 0.111. The Balaban J connectivity index is 1.76. The molecular weight excluding hydrogens is 330 g/mol. The molecule has 0 saturated carbocycles. The minimum Gasteiger partial charge on any atom is -0.341 e. The molecule has 1 aromatic carbocycles. The normalized spacial score (nSPS) is 9.96. The molecule has 0 bridgehead atoms. The van der Waals surface area contributed by atoms with Crippen molar-refractivity contribution in [3.05, 3.63) is 72.2 Å². The minimum atomic E-state index is -0.373. The van der Waals surface area contributed by atoms with E-state index >= 15 is 0 Å². The van der Waals surface area contributed by atoms with Crippen LogP contribution in [0.3, 0.4) is 0 Å². The van der Waals surface area contributed by atoms with Gasteiger partial charge in [-0.05, 0) is 30.3 Å². The Bertz CT molecular complexity index is 956. The van der Waals surface area contributed by atoms with E-state index in [2.05, 4.69) is 26.6 Å². The SMILES string of the molecule is C#CCNC(=O)c1ccccc1NC(=O)c1ccc(-n2cccn2)nc1. The summed E-state index contributed by atoms with van der Waals surface area (Å²) in [6.07, 6.45) is 10.0. The van der Waals surface area contributed by atoms with E-state index in [1.165, 1.54) is 6.20 Å². The quantitative estimate of drug-likeness (QED) is 0.691. The molecule has 0 saturated heterocycles. The van der Waals surface area contributed by atoms with Crippen LogP contribution in [-0.2, 0) is 0 Å². The third-order valence-electron chi connectivity index (χ3n) is 3.52. The second-order valence-corrected chi connectivity index (χ2v) is 5.24. The lowest BCUT2D eigenvalue weighted by atomic mass is 10.1. The summed E-state index contributed by atoms with van der Waals surface area (Å²) in [5.41, 5.74) is 1.08. The lowest BCUT2D eigenvalue weighted by Crippen LogP contribution is -2.25. The summed E-state index contributed by atoms with van der Waals surface area (Å²) in [5.74, 6) is 2.21. The maximum atomic E-state index is 12.5. The van der Waals surface area contributed by atoms with Gasteiger partial charge in [0.2, 0.25) is 0 Å². The highest BCUT2D eigenvalue weighted by Gasteiger charge is 2.14. The Hall–Kier alpha value is -3.92. The van der Waals surface area contributed by atoms with Crippen molar-refractivity contribution < 1.29 is 9.59 Å². The smallest absolute Gasteiger partial charge is 0.257 e. The number of hydrogen-bond acceptors (Lipinski definition) is 4. The van der Waals surface area contributed by atoms with Gasteiger partial charge in [-0.25, -0.2) is 9.67 Å². The number of pyridine rings is 1. The van der Waals surface area contributed by atoms with Crippen molar-refractivity contribution in [1.29, 1.82) is 0 Å². The van der Waals surface area contributed by atoms with Crippen LogP contribution in [0.4, 0.5) is 5.69 Å². The molecule has 0 aliphatic heterocycles. The van der Waals surface area contributed by atoms with Crippen molar-refractivity contribution in [2.45, 2.75) is 0 Å². The van der Waals surface area contributed by atoms with E-state index in [9.17, 15) is 9.59 Å². The van der Waals surface area contributed by atoms with E-state index in [1.807, 2.05) is 0 Å². The molecule has 7 heteroatoms. The monoisotopic (exact) mass is 345 g/mol. The van der Waals surface area contributed by atoms with Crippen LogP contribution in [0.2, 0.25) is 0 Å². The molecule has 0 aliphatic carbocycles. The zero-order valence-electron chi connectivity index (χ0n) is 13.7. The van der Waals surface area contributed by atoms with Gasteiger partial charge >= 0.3 is 0 Å². The molecular formula is C19H15N5O2. The number of para-hydroxylation sites is 1. The standard InChI is InChI=1S/C19H15N5O2/c1-2-10-20-19(26)15-6-3-4-7-16(15)23-18(25)14-8-9-17(21-13-14)24-12-5-11-22-24/h1,3-9,11-13H,10H2,(H,20,26)(H,23,25). The average molecular weight is 345 g/mol. The maximum Gasteiger partial charge on any atom is 0.257 e. The topological polar surface area (TPSA) is 88.9 Å². The Kier molecular flexibility index (Phi) is 5.05. The Morgan fingerprint density at radius 3 is 2.65 bits per heavy atom. The number of aromatic nitrogens is 3. The van der Waals surface area contributed by atoms with Crippen molar-refractivity contribution in [1.82, 2.24) is 20.1 Å². The number of nitrogens with zero attached hydrogens (tertiary/aromatic N) is 3. The predicted molar refractivity (Wildman–Crippen MR) is 96.9 cm³/mol. The summed E-state index contributed by atoms with van der Waals surface area (Å²) < 4.78 is 1.59. The van der Waals surface area contributed by atoms with Gasteiger partial charge in [0, 0.05) is 18.6 Å². The van der Waals surface area contributed by atoms with Crippen LogP contribution in [0.5, 0.6) is 0 Å². The van der Waals surface area contributed by atoms with Crippen molar-refractivity contribution in [2.24, 2.45) is 0 Å². The molecule has 0 atom stereocenters. The average Bonchev–Trinajstić information content (AvgIpc) is 3.21. The number of hydrogen-bond donors (Lipinski definition) is 2. The fraction of sp³-hybridized carbons (Fsp3) is 0.0526. The first-order chi connectivity index (χ1) is 12.7. The van der Waals surface area contributed by atoms with Crippen LogP contribution in [0.1, 0.15) is 20.7 Å². The van der Waals surface area contributed by atoms with Crippen LogP contribution in [0, 0.1) is 12.3 Å². The van der Waals surface area contributed by atoms with Crippen molar-refractivity contribution in [2.75, 3.05) is 11.9 Å². The van der Waals surface area contributed by atoms with Gasteiger partial charge in [-0.2, -0.15) is 5.10 Å². The Morgan fingerprint density at radius 2 is 1.96 bits per heavy atom. The second-order valence-electron chi connectivity index (χ2n) is 5.24. The molecule has 0 aliphatic rings. The zero-order chi connectivity index (χ0) is 18.4. The first-order valence-electron chi connectivity index (χ1n) is 7.77. The van der Waals surface area contributed by atoms with E-state index in [-0.39, 0.29) is 18.4 Å². The molecule has 0 radical (unpaired) electrons. The number of terminal acetylenes is 1. The highest BCUT2D eigenvalue weighted by molar-refractivity contribution is 6.08. The highest BCUT2D eigenvalue weighted by Crippen LogP contribution is 2.16. The van der Waals surface area contributed by atoms with Crippen LogP contribution >= 0.6 is 0 Å². The number of carbonyl (C=O) groups excluding carboxylic acids is 2. The van der Waals surface area contributed by atoms with Crippen molar-refractivity contribution in [3.63, 3.8) is 0 Å². The molecule has 0 unspecified atom stereocenters. The molecule has 2 aromatic heterocycles. The number of rotatable bonds is 5. The third kappa shape index (κ3) is 3.76. The maximum absolute atomic E-state index is 12.5. The molecule has 7 nitrogen and oxygen atoms in total. The number of amides is 2. The van der Waals surface area contributed by atoms with E-state index < -0.39 is 0 Å². The van der Waals surface area contributed by atoms with Crippen LogP contribution in [0.15, 0.2) is 61.1 Å². The van der Waals surface area contributed by atoms with Gasteiger partial charge in [-0.1, -0.05) is 18.1 Å². The molecule has 3 rings (SSSR count). The fourth-order valence-electron chi connectivity index (χ4n) is 2.27. The number of carbonyl (C=O) groups is 2. The lowest BCUT2D eigenvalue weighted by molar-refractivity contribution is 0.0959. The van der Waals surface area contributed by atoms with Crippen molar-refractivity contribution >= 4 is 17.5 Å². The molecule has 0 fully saturated rings. The largest absolute Gasteiger partial charge is 0.341 e. The highest BCUT2D eigenvalue weighted by atomic mass is 16.2. The van der Waals surface area contributed by atoms with Gasteiger partial charge in [0.25, 0.3) is 11.8 Å². The van der Waals surface area contributed by atoms with Gasteiger partial charge in [0.1, 0.15) is 0 Å². The van der Waals surface area contributed by atoms with E-state index in [4.69, 9.17) is 6.42 Å². The van der Waals surface area contributed by atoms with E-state index in [1.54, 1.807) is 59.5 Å². The van der Waals surface area contributed by atoms with Gasteiger partial charge in [0.05, 0.1) is 23.4 Å². The molecule has 2 heterocycles. The summed E-state index contributed by atoms with van der Waals surface area (Å²) in [6.45, 7) is 0.111. The number of benzene rings is 1. The third-order valence-corrected chi connectivity index (χ3v) is 3.52. The summed E-state index contributed by atoms with van der Waals surface area (Å²) in [5, 5.41) is 9.38. The Morgan fingerprint density at radius 1 is 1.12 bits per heavy atom. The number of nitrogens with one attached hydrogen (secondary N) is 2. The zero-order valence-corrected chi connectivity index (χ0v) is 13.7. The van der Waals surface area contributed by atoms with E-state index in [0.29, 0.717) is 22.6 Å². The summed E-state index contributed by atoms with van der Waals surface area (Å²) in [7, 11) is 0. The summed E-state index contributed by atoms with van der Waals surface area (Å²) in [6, 6.07) is 11.8. The van der Waals surface area contributed by atoms with Crippen LogP contribution in [0.25, 0.3) is 5.82 Å². The molecule has 0 spiro atoms. The summed E-state index contributed by atoms with van der Waals surface area (Å²) in [4.78, 5) is 28.8. The van der Waals surface area contributed by atoms with E-state index in [0.717, 1.165) is 0 Å². The fourth-order valence-corrected chi connectivity index (χ4v) is 2.27. The predicted octanol–water partition coefficient (Wildman–Crippen LogP) is 1.88. The molecule has 2 N–H and O–H groups in total. The van der Waals surface area contributed by atoms with Gasteiger partial charge in [-0.15, -0.1) is 6.42 Å². The molecule has 26 heavy (non-hydrogen) atoms. The molecule has 3 aromatic rings. The van der Waals surface area contributed by atoms with Gasteiger partial charge < -0.3 is 10.6 Å². The summed E-state index contributed by atoms with van der Waals surface area (Å²) >= 11 is 0. The van der Waals surface area contributed by atoms with Crippen LogP contribution in [-0.4, -0.2) is 33.1 Å². The first-order valence-corrected chi connectivity index (χ1v) is 7.77. The second kappa shape index (κ2) is 7.77. The lowest BCUT2D eigenvalue weighted by Gasteiger charge is -2.10.